The number of para-hydroxylation sites is 1. The predicted molar refractivity (Wildman–Crippen MR) is 83.4 cm³/mol. The number of halogens is 1. The van der Waals surface area contributed by atoms with E-state index in [9.17, 15) is 4.39 Å². The number of rotatable bonds is 4. The lowest BCUT2D eigenvalue weighted by molar-refractivity contribution is 0.628. The fourth-order valence-electron chi connectivity index (χ4n) is 2.08. The van der Waals surface area contributed by atoms with E-state index in [1.54, 1.807) is 12.1 Å². The number of benzene rings is 2. The molecule has 0 spiro atoms. The van der Waals surface area contributed by atoms with Crippen LogP contribution in [0.25, 0.3) is 10.9 Å². The molecule has 0 amide bonds. The first kappa shape index (κ1) is 13.3. The second kappa shape index (κ2) is 5.75. The highest BCUT2D eigenvalue weighted by Crippen LogP contribution is 2.25. The van der Waals surface area contributed by atoms with Crippen molar-refractivity contribution < 1.29 is 4.39 Å². The fourth-order valence-corrected chi connectivity index (χ4v) is 2.08. The molecule has 2 N–H and O–H groups in total. The lowest BCUT2D eigenvalue weighted by atomic mass is 10.2. The van der Waals surface area contributed by atoms with Crippen LogP contribution in [-0.4, -0.2) is 16.5 Å². The smallest absolute Gasteiger partial charge is 0.225 e. The highest BCUT2D eigenvalue weighted by atomic mass is 19.1. The van der Waals surface area contributed by atoms with Crippen LogP contribution in [0.2, 0.25) is 0 Å². The average Bonchev–Trinajstić information content (AvgIpc) is 2.50. The minimum Gasteiger partial charge on any atom is -0.354 e. The Bertz CT molecular complexity index is 756. The van der Waals surface area contributed by atoms with Crippen LogP contribution in [0.5, 0.6) is 0 Å². The lowest BCUT2D eigenvalue weighted by Gasteiger charge is -2.11. The van der Waals surface area contributed by atoms with Crippen molar-refractivity contribution in [3.8, 4) is 0 Å². The largest absolute Gasteiger partial charge is 0.354 e. The predicted octanol–water partition coefficient (Wildman–Crippen LogP) is 3.94. The Morgan fingerprint density at radius 3 is 2.52 bits per heavy atom. The molecule has 2 aromatic carbocycles. The Morgan fingerprint density at radius 1 is 1.00 bits per heavy atom. The summed E-state index contributed by atoms with van der Waals surface area (Å²) in [7, 11) is 0. The summed E-state index contributed by atoms with van der Waals surface area (Å²) < 4.78 is 13.0. The Balaban J connectivity index is 2.04. The number of fused-ring (bicyclic) bond motifs is 1. The monoisotopic (exact) mass is 282 g/mol. The summed E-state index contributed by atoms with van der Waals surface area (Å²) in [5.41, 5.74) is 1.63. The third kappa shape index (κ3) is 2.91. The molecule has 3 rings (SSSR count). The highest BCUT2D eigenvalue weighted by Gasteiger charge is 2.07. The van der Waals surface area contributed by atoms with Crippen molar-refractivity contribution in [2.24, 2.45) is 0 Å². The molecule has 5 heteroatoms. The van der Waals surface area contributed by atoms with Crippen LogP contribution in [0.3, 0.4) is 0 Å². The van der Waals surface area contributed by atoms with Crippen LogP contribution < -0.4 is 10.6 Å². The third-order valence-corrected chi connectivity index (χ3v) is 3.05. The van der Waals surface area contributed by atoms with Gasteiger partial charge < -0.3 is 10.6 Å². The second-order valence-electron chi connectivity index (χ2n) is 4.58. The average molecular weight is 282 g/mol. The van der Waals surface area contributed by atoms with E-state index in [1.165, 1.54) is 12.1 Å². The summed E-state index contributed by atoms with van der Waals surface area (Å²) in [6.07, 6.45) is 0. The molecule has 106 valence electrons. The Labute approximate surface area is 122 Å². The third-order valence-electron chi connectivity index (χ3n) is 3.05. The van der Waals surface area contributed by atoms with Gasteiger partial charge in [0.15, 0.2) is 0 Å². The minimum atomic E-state index is -0.263. The van der Waals surface area contributed by atoms with Gasteiger partial charge in [-0.25, -0.2) is 9.37 Å². The van der Waals surface area contributed by atoms with Gasteiger partial charge in [-0.2, -0.15) is 4.98 Å². The summed E-state index contributed by atoms with van der Waals surface area (Å²) in [5, 5.41) is 7.25. The van der Waals surface area contributed by atoms with Gasteiger partial charge in [-0.15, -0.1) is 0 Å². The number of anilines is 3. The zero-order valence-electron chi connectivity index (χ0n) is 11.6. The van der Waals surface area contributed by atoms with Gasteiger partial charge in [0.05, 0.1) is 5.52 Å². The van der Waals surface area contributed by atoms with Gasteiger partial charge in [-0.3, -0.25) is 0 Å². The molecule has 0 aliphatic heterocycles. The topological polar surface area (TPSA) is 49.8 Å². The van der Waals surface area contributed by atoms with Crippen LogP contribution in [0, 0.1) is 5.82 Å². The van der Waals surface area contributed by atoms with Gasteiger partial charge >= 0.3 is 0 Å². The van der Waals surface area contributed by atoms with Crippen molar-refractivity contribution in [2.75, 3.05) is 17.2 Å². The van der Waals surface area contributed by atoms with Crippen molar-refractivity contribution in [3.05, 3.63) is 54.3 Å². The first-order chi connectivity index (χ1) is 10.3. The lowest BCUT2D eigenvalue weighted by Crippen LogP contribution is -2.05. The number of nitrogens with one attached hydrogen (secondary N) is 2. The first-order valence-electron chi connectivity index (χ1n) is 6.79. The van der Waals surface area contributed by atoms with E-state index in [1.807, 2.05) is 31.2 Å². The van der Waals surface area contributed by atoms with E-state index in [0.717, 1.165) is 23.1 Å². The molecule has 0 unspecified atom stereocenters. The van der Waals surface area contributed by atoms with Crippen LogP contribution in [-0.2, 0) is 0 Å². The molecule has 3 aromatic rings. The van der Waals surface area contributed by atoms with Gasteiger partial charge in [-0.05, 0) is 43.3 Å². The van der Waals surface area contributed by atoms with Gasteiger partial charge in [0, 0.05) is 17.6 Å². The quantitative estimate of drug-likeness (QED) is 0.761. The van der Waals surface area contributed by atoms with E-state index in [0.29, 0.717) is 11.8 Å². The Kier molecular flexibility index (Phi) is 3.64. The zero-order valence-corrected chi connectivity index (χ0v) is 11.6. The normalized spacial score (nSPS) is 10.6. The van der Waals surface area contributed by atoms with Crippen molar-refractivity contribution in [1.29, 1.82) is 0 Å². The molecule has 0 bridgehead atoms. The van der Waals surface area contributed by atoms with Crippen molar-refractivity contribution in [3.63, 3.8) is 0 Å². The van der Waals surface area contributed by atoms with E-state index >= 15 is 0 Å². The maximum atomic E-state index is 13.0. The van der Waals surface area contributed by atoms with Crippen LogP contribution in [0.15, 0.2) is 48.5 Å². The first-order valence-corrected chi connectivity index (χ1v) is 6.79. The van der Waals surface area contributed by atoms with Gasteiger partial charge in [-0.1, -0.05) is 12.1 Å². The molecule has 1 heterocycles. The number of nitrogens with zero attached hydrogens (tertiary/aromatic N) is 2. The summed E-state index contributed by atoms with van der Waals surface area (Å²) in [4.78, 5) is 8.94. The molecule has 0 saturated carbocycles. The van der Waals surface area contributed by atoms with E-state index in [4.69, 9.17) is 0 Å². The summed E-state index contributed by atoms with van der Waals surface area (Å²) >= 11 is 0. The summed E-state index contributed by atoms with van der Waals surface area (Å²) in [6, 6.07) is 14.0. The summed E-state index contributed by atoms with van der Waals surface area (Å²) in [5.74, 6) is 1.01. The fraction of sp³-hybridized carbons (Fsp3) is 0.125. The number of hydrogen-bond acceptors (Lipinski definition) is 4. The number of hydrogen-bond donors (Lipinski definition) is 2. The highest BCUT2D eigenvalue weighted by molar-refractivity contribution is 5.91. The molecule has 4 nitrogen and oxygen atoms in total. The molecule has 0 aliphatic rings. The Morgan fingerprint density at radius 2 is 1.76 bits per heavy atom. The van der Waals surface area contributed by atoms with Crippen molar-refractivity contribution >= 4 is 28.4 Å². The molecule has 21 heavy (non-hydrogen) atoms. The standard InChI is InChI=1S/C16H15FN4/c1-2-18-16-20-14-6-4-3-5-13(14)15(21-16)19-12-9-7-11(17)8-10-12/h3-10H,2H2,1H3,(H2,18,19,20,21). The maximum absolute atomic E-state index is 13.0. The van der Waals surface area contributed by atoms with E-state index in [2.05, 4.69) is 20.6 Å². The molecule has 0 fully saturated rings. The summed E-state index contributed by atoms with van der Waals surface area (Å²) in [6.45, 7) is 2.74. The molecule has 1 aromatic heterocycles. The van der Waals surface area contributed by atoms with E-state index in [-0.39, 0.29) is 5.82 Å². The van der Waals surface area contributed by atoms with Crippen LogP contribution in [0.4, 0.5) is 21.8 Å². The molecule has 0 saturated heterocycles. The maximum Gasteiger partial charge on any atom is 0.225 e. The zero-order chi connectivity index (χ0) is 14.7. The molecule has 0 aliphatic carbocycles. The molecular formula is C16H15FN4. The van der Waals surface area contributed by atoms with Gasteiger partial charge in [0.1, 0.15) is 11.6 Å². The van der Waals surface area contributed by atoms with Gasteiger partial charge in [0.2, 0.25) is 5.95 Å². The van der Waals surface area contributed by atoms with Crippen LogP contribution >= 0.6 is 0 Å². The number of aromatic nitrogens is 2. The van der Waals surface area contributed by atoms with Crippen LogP contribution in [0.1, 0.15) is 6.92 Å². The molecular weight excluding hydrogens is 267 g/mol. The van der Waals surface area contributed by atoms with E-state index < -0.39 is 0 Å². The minimum absolute atomic E-state index is 0.263. The van der Waals surface area contributed by atoms with Crippen molar-refractivity contribution in [1.82, 2.24) is 9.97 Å². The SMILES string of the molecule is CCNc1nc(Nc2ccc(F)cc2)c2ccccc2n1. The van der Waals surface area contributed by atoms with Gasteiger partial charge in [0.25, 0.3) is 0 Å². The second-order valence-corrected chi connectivity index (χ2v) is 4.58. The van der Waals surface area contributed by atoms with Crippen molar-refractivity contribution in [2.45, 2.75) is 6.92 Å². The Hall–Kier alpha value is -2.69. The molecule has 0 atom stereocenters. The molecule has 0 radical (unpaired) electrons.